The van der Waals surface area contributed by atoms with Crippen molar-refractivity contribution >= 4 is 23.2 Å². The van der Waals surface area contributed by atoms with Crippen LogP contribution < -0.4 is 0 Å². The molecule has 0 spiro atoms. The van der Waals surface area contributed by atoms with E-state index in [-0.39, 0.29) is 17.8 Å². The number of thiophene rings is 1. The zero-order valence-electron chi connectivity index (χ0n) is 17.0. The fraction of sp³-hybridized carbons (Fsp3) is 0.348. The smallest absolute Gasteiger partial charge is 0.309 e. The van der Waals surface area contributed by atoms with Gasteiger partial charge in [-0.2, -0.15) is 5.10 Å². The number of piperidine rings is 1. The predicted molar refractivity (Wildman–Crippen MR) is 116 cm³/mol. The van der Waals surface area contributed by atoms with Crippen LogP contribution in [-0.2, 0) is 16.1 Å². The van der Waals surface area contributed by atoms with Gasteiger partial charge in [0.15, 0.2) is 0 Å². The van der Waals surface area contributed by atoms with E-state index in [9.17, 15) is 9.59 Å². The lowest BCUT2D eigenvalue weighted by Crippen LogP contribution is -2.40. The summed E-state index contributed by atoms with van der Waals surface area (Å²) in [5.41, 5.74) is 2.47. The number of carbonyl (C=O) groups excluding carboxylic acids is 2. The average molecular weight is 424 g/mol. The highest BCUT2D eigenvalue weighted by Gasteiger charge is 2.30. The molecule has 1 amide bonds. The van der Waals surface area contributed by atoms with Crippen LogP contribution >= 0.6 is 11.3 Å². The number of rotatable bonds is 6. The molecule has 0 aliphatic carbocycles. The summed E-state index contributed by atoms with van der Waals surface area (Å²) in [6.45, 7) is 3.92. The molecule has 1 aliphatic heterocycles. The maximum Gasteiger partial charge on any atom is 0.309 e. The summed E-state index contributed by atoms with van der Waals surface area (Å²) in [6.07, 6.45) is 3.12. The van der Waals surface area contributed by atoms with Crippen LogP contribution in [0.4, 0.5) is 0 Å². The Bertz CT molecular complexity index is 990. The Hall–Kier alpha value is -2.93. The van der Waals surface area contributed by atoms with Gasteiger partial charge >= 0.3 is 5.97 Å². The minimum absolute atomic E-state index is 0.0278. The van der Waals surface area contributed by atoms with E-state index in [2.05, 4.69) is 0 Å². The molecule has 0 radical (unpaired) electrons. The SMILES string of the molecule is CCOC(=O)C1CCN(C(=O)c2cn(Cc3ccccc3)nc2-c2cccs2)CC1. The normalized spacial score (nSPS) is 14.6. The number of esters is 1. The van der Waals surface area contributed by atoms with Crippen molar-refractivity contribution in [1.82, 2.24) is 14.7 Å². The number of nitrogens with zero attached hydrogens (tertiary/aromatic N) is 3. The Kier molecular flexibility index (Phi) is 6.28. The van der Waals surface area contributed by atoms with E-state index in [1.807, 2.05) is 70.5 Å². The Morgan fingerprint density at radius 2 is 1.90 bits per heavy atom. The second kappa shape index (κ2) is 9.26. The van der Waals surface area contributed by atoms with Crippen molar-refractivity contribution in [3.8, 4) is 10.6 Å². The molecule has 1 fully saturated rings. The lowest BCUT2D eigenvalue weighted by Gasteiger charge is -2.30. The second-order valence-electron chi connectivity index (χ2n) is 7.37. The standard InChI is InChI=1S/C23H25N3O3S/c1-2-29-23(28)18-10-12-25(13-11-18)22(27)19-16-26(15-17-7-4-3-5-8-17)24-21(19)20-9-6-14-30-20/h3-9,14,16,18H,2,10-13,15H2,1H3. The van der Waals surface area contributed by atoms with Gasteiger partial charge in [0.25, 0.3) is 5.91 Å². The second-order valence-corrected chi connectivity index (χ2v) is 8.32. The number of benzene rings is 1. The number of likely N-dealkylation sites (tertiary alicyclic amines) is 1. The molecule has 3 aromatic rings. The van der Waals surface area contributed by atoms with Crippen LogP contribution in [0.1, 0.15) is 35.7 Å². The first-order valence-electron chi connectivity index (χ1n) is 10.3. The van der Waals surface area contributed by atoms with Crippen LogP contribution in [0, 0.1) is 5.92 Å². The molecule has 30 heavy (non-hydrogen) atoms. The molecule has 1 aromatic carbocycles. The van der Waals surface area contributed by atoms with E-state index >= 15 is 0 Å². The van der Waals surface area contributed by atoms with Crippen LogP contribution in [0.2, 0.25) is 0 Å². The number of hydrogen-bond donors (Lipinski definition) is 0. The zero-order chi connectivity index (χ0) is 20.9. The maximum absolute atomic E-state index is 13.3. The van der Waals surface area contributed by atoms with Crippen LogP contribution in [0.5, 0.6) is 0 Å². The summed E-state index contributed by atoms with van der Waals surface area (Å²) in [5, 5.41) is 6.73. The molecule has 0 bridgehead atoms. The van der Waals surface area contributed by atoms with E-state index in [0.29, 0.717) is 44.6 Å². The van der Waals surface area contributed by atoms with Gasteiger partial charge in [0, 0.05) is 19.3 Å². The first-order valence-corrected chi connectivity index (χ1v) is 11.1. The Morgan fingerprint density at radius 1 is 1.13 bits per heavy atom. The van der Waals surface area contributed by atoms with Crippen molar-refractivity contribution in [2.45, 2.75) is 26.3 Å². The van der Waals surface area contributed by atoms with Crippen LogP contribution in [0.3, 0.4) is 0 Å². The van der Waals surface area contributed by atoms with Crippen molar-refractivity contribution in [1.29, 1.82) is 0 Å². The van der Waals surface area contributed by atoms with Crippen molar-refractivity contribution in [2.24, 2.45) is 5.92 Å². The lowest BCUT2D eigenvalue weighted by molar-refractivity contribution is -0.149. The summed E-state index contributed by atoms with van der Waals surface area (Å²) < 4.78 is 6.97. The van der Waals surface area contributed by atoms with Crippen LogP contribution in [-0.4, -0.2) is 46.3 Å². The maximum atomic E-state index is 13.3. The predicted octanol–water partition coefficient (Wildman–Crippen LogP) is 4.08. The molecule has 156 valence electrons. The van der Waals surface area contributed by atoms with Crippen LogP contribution in [0.15, 0.2) is 54.0 Å². The summed E-state index contributed by atoms with van der Waals surface area (Å²) in [6, 6.07) is 14.0. The molecule has 1 aliphatic rings. The number of ether oxygens (including phenoxy) is 1. The third kappa shape index (κ3) is 4.46. The monoisotopic (exact) mass is 423 g/mol. The van der Waals surface area contributed by atoms with Gasteiger partial charge in [-0.25, -0.2) is 0 Å². The highest BCUT2D eigenvalue weighted by molar-refractivity contribution is 7.13. The van der Waals surface area contributed by atoms with Gasteiger partial charge in [0.2, 0.25) is 0 Å². The first-order chi connectivity index (χ1) is 14.7. The van der Waals surface area contributed by atoms with E-state index in [1.54, 1.807) is 11.3 Å². The van der Waals surface area contributed by atoms with Gasteiger partial charge in [-0.1, -0.05) is 36.4 Å². The molecule has 0 unspecified atom stereocenters. The van der Waals surface area contributed by atoms with E-state index in [1.165, 1.54) is 0 Å². The molecule has 4 rings (SSSR count). The summed E-state index contributed by atoms with van der Waals surface area (Å²) in [5.74, 6) is -0.300. The van der Waals surface area contributed by atoms with Gasteiger partial charge in [-0.15, -0.1) is 11.3 Å². The number of carbonyl (C=O) groups is 2. The number of aromatic nitrogens is 2. The van der Waals surface area contributed by atoms with E-state index < -0.39 is 0 Å². The molecule has 0 saturated carbocycles. The topological polar surface area (TPSA) is 64.4 Å². The molecular weight excluding hydrogens is 398 g/mol. The van der Waals surface area contributed by atoms with Crippen molar-refractivity contribution < 1.29 is 14.3 Å². The highest BCUT2D eigenvalue weighted by atomic mass is 32.1. The Labute approximate surface area is 180 Å². The van der Waals surface area contributed by atoms with Crippen molar-refractivity contribution in [3.63, 3.8) is 0 Å². The highest BCUT2D eigenvalue weighted by Crippen LogP contribution is 2.29. The third-order valence-corrected chi connectivity index (χ3v) is 6.21. The molecule has 3 heterocycles. The fourth-order valence-corrected chi connectivity index (χ4v) is 4.50. The number of hydrogen-bond acceptors (Lipinski definition) is 5. The molecule has 1 saturated heterocycles. The Balaban J connectivity index is 1.54. The van der Waals surface area contributed by atoms with Gasteiger partial charge in [0.05, 0.1) is 29.5 Å². The minimum atomic E-state index is -0.153. The zero-order valence-corrected chi connectivity index (χ0v) is 17.8. The van der Waals surface area contributed by atoms with Crippen LogP contribution in [0.25, 0.3) is 10.6 Å². The minimum Gasteiger partial charge on any atom is -0.466 e. The first kappa shape index (κ1) is 20.3. The lowest BCUT2D eigenvalue weighted by atomic mass is 9.96. The fourth-order valence-electron chi connectivity index (χ4n) is 3.77. The van der Waals surface area contributed by atoms with Crippen molar-refractivity contribution in [2.75, 3.05) is 19.7 Å². The van der Waals surface area contributed by atoms with Crippen molar-refractivity contribution in [3.05, 3.63) is 65.2 Å². The largest absolute Gasteiger partial charge is 0.466 e. The average Bonchev–Trinajstić information content (AvgIpc) is 3.44. The molecule has 0 N–H and O–H groups in total. The van der Waals surface area contributed by atoms with Gasteiger partial charge in [-0.3, -0.25) is 14.3 Å². The van der Waals surface area contributed by atoms with E-state index in [0.717, 1.165) is 16.1 Å². The van der Waals surface area contributed by atoms with Gasteiger partial charge in [0.1, 0.15) is 5.69 Å². The molecule has 2 aromatic heterocycles. The molecule has 6 nitrogen and oxygen atoms in total. The summed E-state index contributed by atoms with van der Waals surface area (Å²) in [7, 11) is 0. The Morgan fingerprint density at radius 3 is 2.57 bits per heavy atom. The van der Waals surface area contributed by atoms with Gasteiger partial charge in [-0.05, 0) is 36.8 Å². The van der Waals surface area contributed by atoms with E-state index in [4.69, 9.17) is 9.84 Å². The molecule has 0 atom stereocenters. The quantitative estimate of drug-likeness (QED) is 0.561. The number of amides is 1. The molecule has 7 heteroatoms. The summed E-state index contributed by atoms with van der Waals surface area (Å²) >= 11 is 1.58. The summed E-state index contributed by atoms with van der Waals surface area (Å²) in [4.78, 5) is 28.1. The van der Waals surface area contributed by atoms with Gasteiger partial charge < -0.3 is 9.64 Å². The third-order valence-electron chi connectivity index (χ3n) is 5.34. The molecular formula is C23H25N3O3S.